The molecule has 1 aromatic carbocycles. The van der Waals surface area contributed by atoms with E-state index in [-0.39, 0.29) is 18.4 Å². The van der Waals surface area contributed by atoms with Crippen LogP contribution in [0.3, 0.4) is 0 Å². The molecule has 2 rings (SSSR count). The Morgan fingerprint density at radius 2 is 1.57 bits per heavy atom. The Hall–Kier alpha value is -2.77. The normalized spacial score (nSPS) is 14.7. The van der Waals surface area contributed by atoms with Crippen LogP contribution in [0.4, 0.5) is 4.79 Å². The van der Waals surface area contributed by atoms with E-state index in [0.717, 1.165) is 11.3 Å². The number of alkyl carbamates (subject to hydrolysis) is 1. The van der Waals surface area contributed by atoms with Gasteiger partial charge >= 0.3 is 6.09 Å². The molecule has 0 atom stereocenters. The van der Waals surface area contributed by atoms with Gasteiger partial charge in [0.2, 0.25) is 11.8 Å². The van der Waals surface area contributed by atoms with Crippen LogP contribution in [0.15, 0.2) is 24.3 Å². The number of rotatable bonds is 6. The number of hydrogen-bond donors (Lipinski definition) is 1. The highest BCUT2D eigenvalue weighted by atomic mass is 16.6. The van der Waals surface area contributed by atoms with Crippen molar-refractivity contribution in [3.63, 3.8) is 0 Å². The van der Waals surface area contributed by atoms with Gasteiger partial charge in [0, 0.05) is 26.2 Å². The first kappa shape index (κ1) is 23.5. The second kappa shape index (κ2) is 10.8. The van der Waals surface area contributed by atoms with Gasteiger partial charge in [-0.25, -0.2) is 4.79 Å². The maximum atomic E-state index is 12.7. The van der Waals surface area contributed by atoms with Crippen LogP contribution in [0.5, 0.6) is 5.75 Å². The van der Waals surface area contributed by atoms with E-state index in [9.17, 15) is 14.4 Å². The van der Waals surface area contributed by atoms with Crippen molar-refractivity contribution < 1.29 is 23.9 Å². The average Bonchev–Trinajstić information content (AvgIpc) is 2.93. The van der Waals surface area contributed by atoms with Gasteiger partial charge in [-0.3, -0.25) is 9.59 Å². The molecule has 0 radical (unpaired) electrons. The Kier molecular flexibility index (Phi) is 8.50. The lowest BCUT2D eigenvalue weighted by Crippen LogP contribution is -2.43. The minimum atomic E-state index is -0.613. The van der Waals surface area contributed by atoms with Crippen LogP contribution in [-0.2, 0) is 20.7 Å². The largest absolute Gasteiger partial charge is 0.494 e. The third kappa shape index (κ3) is 7.93. The van der Waals surface area contributed by atoms with E-state index in [2.05, 4.69) is 5.32 Å². The SMILES string of the molecule is CCOc1ccc(CC(=O)N2CCCN(C(=O)CNC(=O)OC(C)(C)C)CC2)cc1. The van der Waals surface area contributed by atoms with Crippen LogP contribution >= 0.6 is 0 Å². The zero-order valence-electron chi connectivity index (χ0n) is 18.4. The molecule has 0 bridgehead atoms. The van der Waals surface area contributed by atoms with Crippen LogP contribution in [0.25, 0.3) is 0 Å². The average molecular weight is 420 g/mol. The van der Waals surface area contributed by atoms with E-state index in [1.807, 2.05) is 31.2 Å². The maximum Gasteiger partial charge on any atom is 0.408 e. The van der Waals surface area contributed by atoms with Gasteiger partial charge in [0.25, 0.3) is 0 Å². The molecule has 0 unspecified atom stereocenters. The molecule has 8 heteroatoms. The van der Waals surface area contributed by atoms with E-state index in [4.69, 9.17) is 9.47 Å². The van der Waals surface area contributed by atoms with Crippen LogP contribution < -0.4 is 10.1 Å². The molecule has 1 saturated heterocycles. The fourth-order valence-corrected chi connectivity index (χ4v) is 3.15. The summed E-state index contributed by atoms with van der Waals surface area (Å²) < 4.78 is 10.6. The summed E-state index contributed by atoms with van der Waals surface area (Å²) in [7, 11) is 0. The predicted octanol–water partition coefficient (Wildman–Crippen LogP) is 2.21. The van der Waals surface area contributed by atoms with Gasteiger partial charge in [0.15, 0.2) is 0 Å². The molecule has 30 heavy (non-hydrogen) atoms. The Labute approximate surface area is 178 Å². The van der Waals surface area contributed by atoms with Gasteiger partial charge in [-0.2, -0.15) is 0 Å². The molecule has 1 aliphatic rings. The number of carbonyl (C=O) groups excluding carboxylic acids is 3. The molecule has 1 N–H and O–H groups in total. The first-order valence-corrected chi connectivity index (χ1v) is 10.4. The van der Waals surface area contributed by atoms with Gasteiger partial charge in [0.05, 0.1) is 13.0 Å². The second-order valence-corrected chi connectivity index (χ2v) is 8.22. The predicted molar refractivity (Wildman–Crippen MR) is 113 cm³/mol. The monoisotopic (exact) mass is 419 g/mol. The Morgan fingerprint density at radius 3 is 2.13 bits per heavy atom. The fraction of sp³-hybridized carbons (Fsp3) is 0.591. The molecule has 166 valence electrons. The molecule has 0 aromatic heterocycles. The minimum Gasteiger partial charge on any atom is -0.494 e. The minimum absolute atomic E-state index is 0.0420. The molecule has 3 amide bonds. The quantitative estimate of drug-likeness (QED) is 0.764. The number of ether oxygens (including phenoxy) is 2. The second-order valence-electron chi connectivity index (χ2n) is 8.22. The van der Waals surface area contributed by atoms with Gasteiger partial charge in [-0.05, 0) is 51.8 Å². The molecule has 1 fully saturated rings. The number of amides is 3. The smallest absolute Gasteiger partial charge is 0.408 e. The van der Waals surface area contributed by atoms with Crippen molar-refractivity contribution in [3.05, 3.63) is 29.8 Å². The van der Waals surface area contributed by atoms with E-state index in [1.54, 1.807) is 30.6 Å². The van der Waals surface area contributed by atoms with Gasteiger partial charge in [0.1, 0.15) is 17.9 Å². The third-order valence-corrected chi connectivity index (χ3v) is 4.57. The van der Waals surface area contributed by atoms with Crippen LogP contribution in [0.1, 0.15) is 39.7 Å². The van der Waals surface area contributed by atoms with Crippen molar-refractivity contribution in [1.82, 2.24) is 15.1 Å². The van der Waals surface area contributed by atoms with E-state index in [0.29, 0.717) is 45.6 Å². The zero-order valence-corrected chi connectivity index (χ0v) is 18.4. The number of hydrogen-bond acceptors (Lipinski definition) is 5. The summed E-state index contributed by atoms with van der Waals surface area (Å²) in [5, 5.41) is 2.49. The lowest BCUT2D eigenvalue weighted by molar-refractivity contribution is -0.132. The van der Waals surface area contributed by atoms with Crippen molar-refractivity contribution in [2.75, 3.05) is 39.3 Å². The topological polar surface area (TPSA) is 88.2 Å². The van der Waals surface area contributed by atoms with Crippen molar-refractivity contribution in [2.24, 2.45) is 0 Å². The third-order valence-electron chi connectivity index (χ3n) is 4.57. The van der Waals surface area contributed by atoms with Crippen LogP contribution in [0.2, 0.25) is 0 Å². The Morgan fingerprint density at radius 1 is 0.967 bits per heavy atom. The molecule has 1 heterocycles. The molecule has 0 saturated carbocycles. The maximum absolute atomic E-state index is 12.7. The standard InChI is InChI=1S/C22H33N3O5/c1-5-29-18-9-7-17(8-10-18)15-19(26)24-11-6-12-25(14-13-24)20(27)16-23-21(28)30-22(2,3)4/h7-10H,5-6,11-16H2,1-4H3,(H,23,28). The zero-order chi connectivity index (χ0) is 22.1. The van der Waals surface area contributed by atoms with Crippen molar-refractivity contribution in [2.45, 2.75) is 46.1 Å². The highest BCUT2D eigenvalue weighted by Gasteiger charge is 2.23. The summed E-state index contributed by atoms with van der Waals surface area (Å²) >= 11 is 0. The summed E-state index contributed by atoms with van der Waals surface area (Å²) in [4.78, 5) is 40.3. The molecular formula is C22H33N3O5. The van der Waals surface area contributed by atoms with E-state index < -0.39 is 11.7 Å². The Bertz CT molecular complexity index is 727. The van der Waals surface area contributed by atoms with Gasteiger partial charge < -0.3 is 24.6 Å². The lowest BCUT2D eigenvalue weighted by atomic mass is 10.1. The summed E-state index contributed by atoms with van der Waals surface area (Å²) in [6.45, 7) is 9.81. The number of benzene rings is 1. The highest BCUT2D eigenvalue weighted by Crippen LogP contribution is 2.14. The number of nitrogens with zero attached hydrogens (tertiary/aromatic N) is 2. The van der Waals surface area contributed by atoms with Crippen molar-refractivity contribution in [3.8, 4) is 5.75 Å². The lowest BCUT2D eigenvalue weighted by Gasteiger charge is -2.23. The summed E-state index contributed by atoms with van der Waals surface area (Å²) in [6, 6.07) is 7.54. The number of nitrogens with one attached hydrogen (secondary N) is 1. The molecule has 0 spiro atoms. The summed E-state index contributed by atoms with van der Waals surface area (Å²) in [5.41, 5.74) is 0.321. The van der Waals surface area contributed by atoms with Crippen molar-refractivity contribution >= 4 is 17.9 Å². The highest BCUT2D eigenvalue weighted by molar-refractivity contribution is 5.82. The van der Waals surface area contributed by atoms with Gasteiger partial charge in [-0.1, -0.05) is 12.1 Å². The van der Waals surface area contributed by atoms with Crippen LogP contribution in [0, 0.1) is 0 Å². The van der Waals surface area contributed by atoms with Gasteiger partial charge in [-0.15, -0.1) is 0 Å². The molecular weight excluding hydrogens is 386 g/mol. The van der Waals surface area contributed by atoms with E-state index >= 15 is 0 Å². The molecule has 1 aromatic rings. The fourth-order valence-electron chi connectivity index (χ4n) is 3.15. The first-order chi connectivity index (χ1) is 14.2. The summed E-state index contributed by atoms with van der Waals surface area (Å²) in [5.74, 6) is 0.652. The molecule has 0 aliphatic carbocycles. The first-order valence-electron chi connectivity index (χ1n) is 10.4. The molecule has 1 aliphatic heterocycles. The summed E-state index contributed by atoms with van der Waals surface area (Å²) in [6.07, 6.45) is 0.408. The Balaban J connectivity index is 1.80. The van der Waals surface area contributed by atoms with E-state index in [1.165, 1.54) is 0 Å². The van der Waals surface area contributed by atoms with Crippen LogP contribution in [-0.4, -0.2) is 72.6 Å². The molecule has 8 nitrogen and oxygen atoms in total. The van der Waals surface area contributed by atoms with Crippen molar-refractivity contribution in [1.29, 1.82) is 0 Å². The number of carbonyl (C=O) groups is 3.